The van der Waals surface area contributed by atoms with Gasteiger partial charge in [0.25, 0.3) is 0 Å². The summed E-state index contributed by atoms with van der Waals surface area (Å²) in [5.74, 6) is -1.33. The Labute approximate surface area is 113 Å². The number of hydrogen-bond donors (Lipinski definition) is 1. The van der Waals surface area contributed by atoms with Gasteiger partial charge >= 0.3 is 5.97 Å². The number of carboxylic acids is 1. The zero-order valence-electron chi connectivity index (χ0n) is 11.8. The number of nitrogens with zero attached hydrogens (tertiary/aromatic N) is 1. The molecule has 0 aromatic rings. The first kappa shape index (κ1) is 15.9. The van der Waals surface area contributed by atoms with Crippen LogP contribution in [-0.2, 0) is 19.4 Å². The number of likely N-dealkylation sites (tertiary alicyclic amines) is 1. The molecule has 0 atom stereocenters. The van der Waals surface area contributed by atoms with Gasteiger partial charge in [0.1, 0.15) is 4.75 Å². The molecule has 0 bridgehead atoms. The summed E-state index contributed by atoms with van der Waals surface area (Å²) in [5.41, 5.74) is -0.827. The third-order valence-electron chi connectivity index (χ3n) is 4.11. The lowest BCUT2D eigenvalue weighted by molar-refractivity contribution is -0.153. The lowest BCUT2D eigenvalue weighted by Gasteiger charge is -2.39. The molecule has 0 aromatic carbocycles. The lowest BCUT2D eigenvalue weighted by Crippen LogP contribution is -2.53. The third-order valence-corrected chi connectivity index (χ3v) is 6.14. The molecule has 0 spiro atoms. The maximum atomic E-state index is 12.2. The van der Waals surface area contributed by atoms with Gasteiger partial charge < -0.3 is 10.0 Å². The molecule has 110 valence electrons. The Balaban J connectivity index is 2.83. The number of hydrogen-bond acceptors (Lipinski definition) is 4. The second-order valence-corrected chi connectivity index (χ2v) is 8.51. The van der Waals surface area contributed by atoms with E-state index in [9.17, 15) is 18.0 Å². The van der Waals surface area contributed by atoms with Crippen molar-refractivity contribution in [3.63, 3.8) is 0 Å². The summed E-state index contributed by atoms with van der Waals surface area (Å²) >= 11 is 0. The molecule has 1 aliphatic heterocycles. The van der Waals surface area contributed by atoms with Crippen LogP contribution >= 0.6 is 0 Å². The molecule has 1 aliphatic rings. The molecule has 7 heteroatoms. The van der Waals surface area contributed by atoms with E-state index < -0.39 is 31.9 Å². The van der Waals surface area contributed by atoms with Crippen LogP contribution in [0.15, 0.2) is 0 Å². The van der Waals surface area contributed by atoms with Gasteiger partial charge in [0.05, 0.1) is 5.41 Å². The van der Waals surface area contributed by atoms with Gasteiger partial charge in [-0.25, -0.2) is 8.42 Å². The molecule has 0 aliphatic carbocycles. The molecule has 0 radical (unpaired) electrons. The van der Waals surface area contributed by atoms with E-state index in [4.69, 9.17) is 5.11 Å². The highest BCUT2D eigenvalue weighted by atomic mass is 32.2. The molecule has 1 fully saturated rings. The highest BCUT2D eigenvalue weighted by Crippen LogP contribution is 2.32. The number of amides is 1. The summed E-state index contributed by atoms with van der Waals surface area (Å²) in [6.07, 6.45) is 1.72. The first-order valence-electron chi connectivity index (χ1n) is 6.14. The van der Waals surface area contributed by atoms with Gasteiger partial charge in [0.15, 0.2) is 9.84 Å². The van der Waals surface area contributed by atoms with Crippen molar-refractivity contribution in [2.45, 2.75) is 38.4 Å². The van der Waals surface area contributed by atoms with E-state index in [1.54, 1.807) is 6.92 Å². The van der Waals surface area contributed by atoms with Crippen molar-refractivity contribution in [1.82, 2.24) is 4.90 Å². The first-order chi connectivity index (χ1) is 8.42. The highest BCUT2D eigenvalue weighted by Gasteiger charge is 2.45. The number of carboxylic acid groups (broad SMARTS) is 1. The average Bonchev–Trinajstić information content (AvgIpc) is 2.27. The van der Waals surface area contributed by atoms with E-state index in [0.717, 1.165) is 6.26 Å². The van der Waals surface area contributed by atoms with Crippen LogP contribution in [0.4, 0.5) is 0 Å². The Morgan fingerprint density at radius 2 is 1.63 bits per heavy atom. The van der Waals surface area contributed by atoms with Crippen molar-refractivity contribution in [1.29, 1.82) is 0 Å². The highest BCUT2D eigenvalue weighted by molar-refractivity contribution is 7.92. The van der Waals surface area contributed by atoms with Crippen LogP contribution < -0.4 is 0 Å². The number of carbonyl (C=O) groups is 2. The predicted molar refractivity (Wildman–Crippen MR) is 70.5 cm³/mol. The molecule has 1 heterocycles. The minimum atomic E-state index is -3.50. The van der Waals surface area contributed by atoms with E-state index in [1.165, 1.54) is 18.7 Å². The molecular formula is C12H21NO5S. The Hall–Kier alpha value is -1.11. The summed E-state index contributed by atoms with van der Waals surface area (Å²) in [5, 5.41) is 9.11. The second kappa shape index (κ2) is 4.77. The molecule has 0 aromatic heterocycles. The standard InChI is InChI=1S/C12H21NO5S/c1-11(2,19(4,17)18)9(14)13-7-5-12(3,6-8-13)10(15)16/h5-8H2,1-4H3,(H,15,16). The molecule has 0 unspecified atom stereocenters. The van der Waals surface area contributed by atoms with Crippen LogP contribution in [0.3, 0.4) is 0 Å². The van der Waals surface area contributed by atoms with Gasteiger partial charge in [-0.15, -0.1) is 0 Å². The van der Waals surface area contributed by atoms with Gasteiger partial charge in [0.2, 0.25) is 5.91 Å². The van der Waals surface area contributed by atoms with Gasteiger partial charge in [-0.2, -0.15) is 0 Å². The van der Waals surface area contributed by atoms with Gasteiger partial charge in [-0.3, -0.25) is 9.59 Å². The van der Waals surface area contributed by atoms with Crippen LogP contribution in [-0.4, -0.2) is 54.4 Å². The number of aliphatic carboxylic acids is 1. The van der Waals surface area contributed by atoms with Gasteiger partial charge in [0, 0.05) is 19.3 Å². The first-order valence-corrected chi connectivity index (χ1v) is 8.03. The minimum Gasteiger partial charge on any atom is -0.481 e. The fraction of sp³-hybridized carbons (Fsp3) is 0.833. The normalized spacial score (nSPS) is 20.1. The monoisotopic (exact) mass is 291 g/mol. The number of rotatable bonds is 3. The molecule has 1 amide bonds. The zero-order valence-corrected chi connectivity index (χ0v) is 12.6. The number of sulfone groups is 1. The molecule has 6 nitrogen and oxygen atoms in total. The van der Waals surface area contributed by atoms with Crippen molar-refractivity contribution < 1.29 is 23.1 Å². The van der Waals surface area contributed by atoms with Crippen molar-refractivity contribution in [2.24, 2.45) is 5.41 Å². The fourth-order valence-electron chi connectivity index (χ4n) is 1.96. The van der Waals surface area contributed by atoms with Crippen molar-refractivity contribution in [3.8, 4) is 0 Å². The Morgan fingerprint density at radius 3 is 1.95 bits per heavy atom. The van der Waals surface area contributed by atoms with Gasteiger partial charge in [-0.1, -0.05) is 0 Å². The third kappa shape index (κ3) is 2.91. The van der Waals surface area contributed by atoms with Crippen LogP contribution in [0, 0.1) is 5.41 Å². The average molecular weight is 291 g/mol. The maximum absolute atomic E-state index is 12.2. The number of piperidine rings is 1. The molecule has 1 N–H and O–H groups in total. The Morgan fingerprint density at radius 1 is 1.21 bits per heavy atom. The van der Waals surface area contributed by atoms with Gasteiger partial charge in [-0.05, 0) is 33.6 Å². The topological polar surface area (TPSA) is 91.8 Å². The lowest BCUT2D eigenvalue weighted by atomic mass is 9.80. The summed E-state index contributed by atoms with van der Waals surface area (Å²) in [6, 6.07) is 0. The van der Waals surface area contributed by atoms with E-state index in [-0.39, 0.29) is 13.1 Å². The largest absolute Gasteiger partial charge is 0.481 e. The molecule has 0 saturated carbocycles. The van der Waals surface area contributed by atoms with Crippen molar-refractivity contribution >= 4 is 21.7 Å². The summed E-state index contributed by atoms with van der Waals surface area (Å²) in [6.45, 7) is 4.98. The molecular weight excluding hydrogens is 270 g/mol. The fourth-order valence-corrected chi connectivity index (χ4v) is 2.40. The quantitative estimate of drug-likeness (QED) is 0.818. The molecule has 1 saturated heterocycles. The van der Waals surface area contributed by atoms with E-state index >= 15 is 0 Å². The zero-order chi connectivity index (χ0) is 15.1. The van der Waals surface area contributed by atoms with Crippen LogP contribution in [0.2, 0.25) is 0 Å². The van der Waals surface area contributed by atoms with E-state index in [1.807, 2.05) is 0 Å². The maximum Gasteiger partial charge on any atom is 0.309 e. The van der Waals surface area contributed by atoms with Crippen LogP contribution in [0.1, 0.15) is 33.6 Å². The summed E-state index contributed by atoms with van der Waals surface area (Å²) < 4.78 is 21.8. The van der Waals surface area contributed by atoms with Crippen LogP contribution in [0.25, 0.3) is 0 Å². The SMILES string of the molecule is CC1(C(=O)O)CCN(C(=O)C(C)(C)S(C)(=O)=O)CC1. The smallest absolute Gasteiger partial charge is 0.309 e. The predicted octanol–water partition coefficient (Wildman–Crippen LogP) is 0.523. The van der Waals surface area contributed by atoms with E-state index in [2.05, 4.69) is 0 Å². The van der Waals surface area contributed by atoms with Crippen LogP contribution in [0.5, 0.6) is 0 Å². The van der Waals surface area contributed by atoms with E-state index in [0.29, 0.717) is 12.8 Å². The molecule has 1 rings (SSSR count). The number of carbonyl (C=O) groups excluding carboxylic acids is 1. The van der Waals surface area contributed by atoms with Crippen molar-refractivity contribution in [2.75, 3.05) is 19.3 Å². The minimum absolute atomic E-state index is 0.278. The molecule has 19 heavy (non-hydrogen) atoms. The van der Waals surface area contributed by atoms with Crippen molar-refractivity contribution in [3.05, 3.63) is 0 Å². The summed E-state index contributed by atoms with van der Waals surface area (Å²) in [4.78, 5) is 24.8. The second-order valence-electron chi connectivity index (χ2n) is 5.94. The Kier molecular flexibility index (Phi) is 4.01. The summed E-state index contributed by atoms with van der Waals surface area (Å²) in [7, 11) is -3.50. The Bertz CT molecular complexity index is 486.